The van der Waals surface area contributed by atoms with Gasteiger partial charge in [0.25, 0.3) is 0 Å². The fraction of sp³-hybridized carbons (Fsp3) is 0.562. The maximum Gasteiger partial charge on any atom is 0.0948 e. The standard InChI is InChI=1S/C16H25N3S/c1-12-6-4-5-7-14(12)15(16(17)20)19(3)13-8-10-18(2)11-9-13/h4-7,13,15H,8-11H2,1-3H3,(H2,17,20). The van der Waals surface area contributed by atoms with Crippen LogP contribution in [0.2, 0.25) is 0 Å². The molecule has 110 valence electrons. The van der Waals surface area contributed by atoms with E-state index in [0.29, 0.717) is 11.0 Å². The molecule has 0 bridgehead atoms. The predicted octanol–water partition coefficient (Wildman–Crippen LogP) is 2.35. The molecule has 1 aliphatic heterocycles. The lowest BCUT2D eigenvalue weighted by Gasteiger charge is -2.39. The van der Waals surface area contributed by atoms with Crippen molar-refractivity contribution in [2.24, 2.45) is 5.73 Å². The van der Waals surface area contributed by atoms with E-state index in [2.05, 4.69) is 55.1 Å². The van der Waals surface area contributed by atoms with Crippen molar-refractivity contribution in [3.63, 3.8) is 0 Å². The Bertz CT molecular complexity index is 467. The first-order valence-corrected chi connectivity index (χ1v) is 7.67. The summed E-state index contributed by atoms with van der Waals surface area (Å²) in [5, 5.41) is 0. The lowest BCUT2D eigenvalue weighted by molar-refractivity contribution is 0.130. The van der Waals surface area contributed by atoms with Crippen molar-refractivity contribution in [1.29, 1.82) is 0 Å². The molecule has 1 heterocycles. The molecule has 0 spiro atoms. The van der Waals surface area contributed by atoms with Gasteiger partial charge in [0.2, 0.25) is 0 Å². The molecule has 2 rings (SSSR count). The topological polar surface area (TPSA) is 32.5 Å². The minimum absolute atomic E-state index is 0.0413. The zero-order valence-corrected chi connectivity index (χ0v) is 13.5. The summed E-state index contributed by atoms with van der Waals surface area (Å²) >= 11 is 5.35. The second-order valence-corrected chi connectivity index (χ2v) is 6.33. The smallest absolute Gasteiger partial charge is 0.0948 e. The number of hydrogen-bond donors (Lipinski definition) is 1. The van der Waals surface area contributed by atoms with Crippen LogP contribution in [0, 0.1) is 6.92 Å². The quantitative estimate of drug-likeness (QED) is 0.863. The molecule has 3 nitrogen and oxygen atoms in total. The zero-order valence-electron chi connectivity index (χ0n) is 12.7. The van der Waals surface area contributed by atoms with Crippen molar-refractivity contribution < 1.29 is 0 Å². The zero-order chi connectivity index (χ0) is 14.7. The van der Waals surface area contributed by atoms with Crippen LogP contribution in [0.25, 0.3) is 0 Å². The number of nitrogens with zero attached hydrogens (tertiary/aromatic N) is 2. The number of hydrogen-bond acceptors (Lipinski definition) is 3. The highest BCUT2D eigenvalue weighted by Gasteiger charge is 2.29. The molecule has 1 atom stereocenters. The minimum atomic E-state index is 0.0413. The van der Waals surface area contributed by atoms with Gasteiger partial charge in [0.15, 0.2) is 0 Å². The van der Waals surface area contributed by atoms with Gasteiger partial charge in [0.1, 0.15) is 0 Å². The van der Waals surface area contributed by atoms with Crippen LogP contribution in [-0.2, 0) is 0 Å². The normalized spacial score (nSPS) is 19.2. The van der Waals surface area contributed by atoms with Gasteiger partial charge in [-0.3, -0.25) is 4.90 Å². The number of benzene rings is 1. The molecule has 0 saturated carbocycles. The number of likely N-dealkylation sites (tertiary alicyclic amines) is 1. The Balaban J connectivity index is 2.21. The van der Waals surface area contributed by atoms with Gasteiger partial charge in [-0.1, -0.05) is 36.5 Å². The average molecular weight is 291 g/mol. The van der Waals surface area contributed by atoms with Crippen molar-refractivity contribution in [1.82, 2.24) is 9.80 Å². The Morgan fingerprint density at radius 3 is 2.50 bits per heavy atom. The SMILES string of the molecule is Cc1ccccc1C(C(N)=S)N(C)C1CCN(C)CC1. The molecule has 0 amide bonds. The number of rotatable bonds is 4. The lowest BCUT2D eigenvalue weighted by Crippen LogP contribution is -2.46. The third-order valence-corrected chi connectivity index (χ3v) is 4.65. The number of nitrogens with two attached hydrogens (primary N) is 1. The van der Waals surface area contributed by atoms with E-state index in [9.17, 15) is 0 Å². The maximum atomic E-state index is 6.05. The van der Waals surface area contributed by atoms with Crippen LogP contribution in [0.5, 0.6) is 0 Å². The fourth-order valence-corrected chi connectivity index (χ4v) is 3.37. The van der Waals surface area contributed by atoms with E-state index in [1.54, 1.807) is 0 Å². The van der Waals surface area contributed by atoms with E-state index in [4.69, 9.17) is 18.0 Å². The summed E-state index contributed by atoms with van der Waals surface area (Å²) in [6.07, 6.45) is 2.36. The van der Waals surface area contributed by atoms with Gasteiger partial charge in [-0.2, -0.15) is 0 Å². The maximum absolute atomic E-state index is 6.05. The predicted molar refractivity (Wildman–Crippen MR) is 89.0 cm³/mol. The third kappa shape index (κ3) is 3.37. The van der Waals surface area contributed by atoms with Gasteiger partial charge >= 0.3 is 0 Å². The lowest BCUT2D eigenvalue weighted by atomic mass is 9.96. The number of thiocarbonyl (C=S) groups is 1. The molecule has 0 aliphatic carbocycles. The molecule has 1 aliphatic rings. The van der Waals surface area contributed by atoms with Crippen molar-refractivity contribution in [2.45, 2.75) is 31.8 Å². The van der Waals surface area contributed by atoms with Crippen LogP contribution in [-0.4, -0.2) is 48.0 Å². The molecule has 1 fully saturated rings. The third-order valence-electron chi connectivity index (χ3n) is 4.42. The van der Waals surface area contributed by atoms with E-state index >= 15 is 0 Å². The molecule has 0 aromatic heterocycles. The first-order valence-electron chi connectivity index (χ1n) is 7.26. The molecule has 4 heteroatoms. The van der Waals surface area contributed by atoms with Gasteiger partial charge < -0.3 is 10.6 Å². The van der Waals surface area contributed by atoms with Crippen molar-refractivity contribution in [3.8, 4) is 0 Å². The van der Waals surface area contributed by atoms with E-state index in [1.165, 1.54) is 24.0 Å². The molecular weight excluding hydrogens is 266 g/mol. The van der Waals surface area contributed by atoms with Gasteiger partial charge in [-0.15, -0.1) is 0 Å². The second kappa shape index (κ2) is 6.66. The molecule has 1 aromatic rings. The Morgan fingerprint density at radius 2 is 1.95 bits per heavy atom. The minimum Gasteiger partial charge on any atom is -0.392 e. The van der Waals surface area contributed by atoms with Crippen LogP contribution in [0.3, 0.4) is 0 Å². The Morgan fingerprint density at radius 1 is 1.35 bits per heavy atom. The van der Waals surface area contributed by atoms with E-state index in [-0.39, 0.29) is 6.04 Å². The monoisotopic (exact) mass is 291 g/mol. The first-order chi connectivity index (χ1) is 9.50. The molecule has 1 aromatic carbocycles. The van der Waals surface area contributed by atoms with Gasteiger partial charge in [-0.05, 0) is 58.1 Å². The van der Waals surface area contributed by atoms with E-state index in [0.717, 1.165) is 13.1 Å². The fourth-order valence-electron chi connectivity index (χ4n) is 3.08. The summed E-state index contributed by atoms with van der Waals surface area (Å²) in [5.74, 6) is 0. The van der Waals surface area contributed by atoms with Crippen molar-refractivity contribution >= 4 is 17.2 Å². The molecular formula is C16H25N3S. The molecule has 1 saturated heterocycles. The number of aryl methyl sites for hydroxylation is 1. The highest BCUT2D eigenvalue weighted by molar-refractivity contribution is 7.80. The Kier molecular flexibility index (Phi) is 5.13. The second-order valence-electron chi connectivity index (χ2n) is 5.86. The molecule has 0 radical (unpaired) electrons. The van der Waals surface area contributed by atoms with Crippen LogP contribution in [0.15, 0.2) is 24.3 Å². The average Bonchev–Trinajstić information content (AvgIpc) is 2.41. The summed E-state index contributed by atoms with van der Waals surface area (Å²) < 4.78 is 0. The van der Waals surface area contributed by atoms with Crippen LogP contribution < -0.4 is 5.73 Å². The summed E-state index contributed by atoms with van der Waals surface area (Å²) in [5.41, 5.74) is 8.54. The van der Waals surface area contributed by atoms with Gasteiger partial charge in [0, 0.05) is 6.04 Å². The Hall–Kier alpha value is -0.970. The summed E-state index contributed by atoms with van der Waals surface area (Å²) in [7, 11) is 4.34. The number of likely N-dealkylation sites (N-methyl/N-ethyl adjacent to an activating group) is 1. The molecule has 2 N–H and O–H groups in total. The van der Waals surface area contributed by atoms with E-state index < -0.39 is 0 Å². The first kappa shape index (κ1) is 15.4. The summed E-state index contributed by atoms with van der Waals surface area (Å²) in [6.45, 7) is 4.42. The van der Waals surface area contributed by atoms with Crippen LogP contribution in [0.1, 0.15) is 30.0 Å². The highest BCUT2D eigenvalue weighted by Crippen LogP contribution is 2.28. The van der Waals surface area contributed by atoms with E-state index in [1.807, 2.05) is 0 Å². The van der Waals surface area contributed by atoms with Crippen molar-refractivity contribution in [3.05, 3.63) is 35.4 Å². The Labute approximate surface area is 127 Å². The van der Waals surface area contributed by atoms with Gasteiger partial charge in [0.05, 0.1) is 11.0 Å². The van der Waals surface area contributed by atoms with Crippen LogP contribution in [0.4, 0.5) is 0 Å². The van der Waals surface area contributed by atoms with Gasteiger partial charge in [-0.25, -0.2) is 0 Å². The number of piperidine rings is 1. The van der Waals surface area contributed by atoms with Crippen LogP contribution >= 0.6 is 12.2 Å². The largest absolute Gasteiger partial charge is 0.392 e. The highest BCUT2D eigenvalue weighted by atomic mass is 32.1. The molecule has 1 unspecified atom stereocenters. The van der Waals surface area contributed by atoms with Crippen molar-refractivity contribution in [2.75, 3.05) is 27.2 Å². The summed E-state index contributed by atoms with van der Waals surface area (Å²) in [6, 6.07) is 8.99. The summed E-state index contributed by atoms with van der Waals surface area (Å²) in [4.78, 5) is 5.33. The molecule has 20 heavy (non-hydrogen) atoms.